The molecule has 1 fully saturated rings. The van der Waals surface area contributed by atoms with E-state index in [1.165, 1.54) is 0 Å². The molecule has 1 heterocycles. The maximum atomic E-state index is 13.5. The number of hydrogen-bond donors (Lipinski definition) is 1. The summed E-state index contributed by atoms with van der Waals surface area (Å²) in [6.45, 7) is 2.17. The van der Waals surface area contributed by atoms with Crippen molar-refractivity contribution in [3.05, 3.63) is 35.1 Å². The SMILES string of the molecule is CC1(C(O)c2ccc(C(F)(F)F)c(F)c2)CCCCO1. The van der Waals surface area contributed by atoms with Crippen LogP contribution in [0.3, 0.4) is 0 Å². The monoisotopic (exact) mass is 292 g/mol. The Morgan fingerprint density at radius 3 is 2.50 bits per heavy atom. The molecule has 2 rings (SSSR count). The number of hydrogen-bond acceptors (Lipinski definition) is 2. The van der Waals surface area contributed by atoms with Gasteiger partial charge in [-0.25, -0.2) is 4.39 Å². The van der Waals surface area contributed by atoms with Gasteiger partial charge in [0.1, 0.15) is 11.9 Å². The topological polar surface area (TPSA) is 29.5 Å². The van der Waals surface area contributed by atoms with E-state index in [4.69, 9.17) is 4.74 Å². The Labute approximate surface area is 114 Å². The van der Waals surface area contributed by atoms with Crippen LogP contribution in [0.1, 0.15) is 43.4 Å². The molecule has 1 saturated heterocycles. The van der Waals surface area contributed by atoms with Crippen molar-refractivity contribution in [1.29, 1.82) is 0 Å². The second-order valence-corrected chi connectivity index (χ2v) is 5.26. The van der Waals surface area contributed by atoms with E-state index >= 15 is 0 Å². The number of alkyl halides is 3. The van der Waals surface area contributed by atoms with Crippen LogP contribution in [0.2, 0.25) is 0 Å². The molecule has 20 heavy (non-hydrogen) atoms. The van der Waals surface area contributed by atoms with Gasteiger partial charge in [0, 0.05) is 6.61 Å². The number of aliphatic hydroxyl groups excluding tert-OH is 1. The van der Waals surface area contributed by atoms with E-state index in [9.17, 15) is 22.7 Å². The van der Waals surface area contributed by atoms with Gasteiger partial charge in [-0.1, -0.05) is 6.07 Å². The normalized spacial score (nSPS) is 25.5. The fraction of sp³-hybridized carbons (Fsp3) is 0.571. The Balaban J connectivity index is 2.27. The zero-order valence-electron chi connectivity index (χ0n) is 11.0. The van der Waals surface area contributed by atoms with Crippen molar-refractivity contribution in [2.75, 3.05) is 6.61 Å². The molecule has 0 bridgehead atoms. The van der Waals surface area contributed by atoms with Crippen molar-refractivity contribution in [3.63, 3.8) is 0 Å². The first-order chi connectivity index (χ1) is 9.24. The summed E-state index contributed by atoms with van der Waals surface area (Å²) in [5.41, 5.74) is -2.12. The molecular weight excluding hydrogens is 276 g/mol. The fourth-order valence-corrected chi connectivity index (χ4v) is 2.46. The summed E-state index contributed by atoms with van der Waals surface area (Å²) in [6.07, 6.45) is -3.57. The molecule has 0 aromatic heterocycles. The number of ether oxygens (including phenoxy) is 1. The van der Waals surface area contributed by atoms with Crippen molar-refractivity contribution in [3.8, 4) is 0 Å². The van der Waals surface area contributed by atoms with Gasteiger partial charge in [-0.15, -0.1) is 0 Å². The highest BCUT2D eigenvalue weighted by Crippen LogP contribution is 2.38. The summed E-state index contributed by atoms with van der Waals surface area (Å²) in [5.74, 6) is -1.38. The smallest absolute Gasteiger partial charge is 0.385 e. The predicted molar refractivity (Wildman–Crippen MR) is 64.6 cm³/mol. The molecule has 0 saturated carbocycles. The van der Waals surface area contributed by atoms with Crippen LogP contribution in [0.4, 0.5) is 17.6 Å². The molecule has 0 radical (unpaired) electrons. The minimum atomic E-state index is -4.74. The summed E-state index contributed by atoms with van der Waals surface area (Å²) >= 11 is 0. The van der Waals surface area contributed by atoms with Gasteiger partial charge in [0.2, 0.25) is 0 Å². The lowest BCUT2D eigenvalue weighted by atomic mass is 9.86. The van der Waals surface area contributed by atoms with E-state index in [1.54, 1.807) is 6.92 Å². The highest BCUT2D eigenvalue weighted by atomic mass is 19.4. The average molecular weight is 292 g/mol. The third-order valence-electron chi connectivity index (χ3n) is 3.69. The van der Waals surface area contributed by atoms with Crippen molar-refractivity contribution in [2.24, 2.45) is 0 Å². The lowest BCUT2D eigenvalue weighted by Crippen LogP contribution is -2.39. The molecule has 0 amide bonds. The van der Waals surface area contributed by atoms with Gasteiger partial charge in [-0.3, -0.25) is 0 Å². The minimum absolute atomic E-state index is 0.0971. The van der Waals surface area contributed by atoms with Gasteiger partial charge in [-0.05, 0) is 43.9 Å². The molecule has 6 heteroatoms. The molecule has 2 unspecified atom stereocenters. The molecule has 112 valence electrons. The second-order valence-electron chi connectivity index (χ2n) is 5.26. The largest absolute Gasteiger partial charge is 0.419 e. The van der Waals surface area contributed by atoms with Gasteiger partial charge in [0.25, 0.3) is 0 Å². The summed E-state index contributed by atoms with van der Waals surface area (Å²) in [5, 5.41) is 10.2. The Kier molecular flexibility index (Phi) is 4.07. The van der Waals surface area contributed by atoms with Crippen molar-refractivity contribution >= 4 is 0 Å². The van der Waals surface area contributed by atoms with Gasteiger partial charge in [0.05, 0.1) is 11.2 Å². The van der Waals surface area contributed by atoms with E-state index in [0.717, 1.165) is 25.0 Å². The standard InChI is InChI=1S/C14H16F4O2/c1-13(6-2-3-7-20-13)12(19)9-4-5-10(11(15)8-9)14(16,17)18/h4-5,8,12,19H,2-3,6-7H2,1H3. The van der Waals surface area contributed by atoms with Gasteiger partial charge in [0.15, 0.2) is 0 Å². The van der Waals surface area contributed by atoms with Crippen LogP contribution in [0, 0.1) is 5.82 Å². The van der Waals surface area contributed by atoms with Gasteiger partial charge >= 0.3 is 6.18 Å². The summed E-state index contributed by atoms with van der Waals surface area (Å²) < 4.78 is 56.5. The average Bonchev–Trinajstić information content (AvgIpc) is 2.37. The first-order valence-corrected chi connectivity index (χ1v) is 6.43. The van der Waals surface area contributed by atoms with E-state index in [-0.39, 0.29) is 5.56 Å². The van der Waals surface area contributed by atoms with E-state index in [2.05, 4.69) is 0 Å². The van der Waals surface area contributed by atoms with Crippen LogP contribution in [0.25, 0.3) is 0 Å². The van der Waals surface area contributed by atoms with E-state index in [1.807, 2.05) is 0 Å². The molecule has 0 aliphatic carbocycles. The molecule has 1 aromatic carbocycles. The molecule has 0 spiro atoms. The van der Waals surface area contributed by atoms with Crippen LogP contribution >= 0.6 is 0 Å². The lowest BCUT2D eigenvalue weighted by Gasteiger charge is -2.38. The Morgan fingerprint density at radius 1 is 1.30 bits per heavy atom. The Bertz CT molecular complexity index is 479. The maximum absolute atomic E-state index is 13.5. The highest BCUT2D eigenvalue weighted by Gasteiger charge is 2.38. The number of rotatable bonds is 2. The lowest BCUT2D eigenvalue weighted by molar-refractivity contribution is -0.141. The first-order valence-electron chi connectivity index (χ1n) is 6.43. The molecule has 1 aliphatic heterocycles. The van der Waals surface area contributed by atoms with Crippen LogP contribution in [0.5, 0.6) is 0 Å². The molecule has 1 N–H and O–H groups in total. The minimum Gasteiger partial charge on any atom is -0.385 e. The molecular formula is C14H16F4O2. The van der Waals surface area contributed by atoms with E-state index < -0.39 is 29.3 Å². The molecule has 1 aromatic rings. The predicted octanol–water partition coefficient (Wildman–Crippen LogP) is 3.84. The van der Waals surface area contributed by atoms with Crippen molar-refractivity contribution < 1.29 is 27.4 Å². The maximum Gasteiger partial charge on any atom is 0.419 e. The summed E-state index contributed by atoms with van der Waals surface area (Å²) in [4.78, 5) is 0. The third kappa shape index (κ3) is 2.96. The number of benzene rings is 1. The van der Waals surface area contributed by atoms with E-state index in [0.29, 0.717) is 19.1 Å². The van der Waals surface area contributed by atoms with Crippen molar-refractivity contribution in [1.82, 2.24) is 0 Å². The van der Waals surface area contributed by atoms with Crippen LogP contribution in [-0.4, -0.2) is 17.3 Å². The molecule has 2 atom stereocenters. The second kappa shape index (κ2) is 5.33. The summed E-state index contributed by atoms with van der Waals surface area (Å²) in [7, 11) is 0. The van der Waals surface area contributed by atoms with Gasteiger partial charge < -0.3 is 9.84 Å². The quantitative estimate of drug-likeness (QED) is 0.839. The Hall–Kier alpha value is -1.14. The Morgan fingerprint density at radius 2 is 2.00 bits per heavy atom. The fourth-order valence-electron chi connectivity index (χ4n) is 2.46. The first kappa shape index (κ1) is 15.3. The zero-order valence-corrected chi connectivity index (χ0v) is 11.0. The number of halogens is 4. The molecule has 1 aliphatic rings. The third-order valence-corrected chi connectivity index (χ3v) is 3.69. The van der Waals surface area contributed by atoms with Crippen molar-refractivity contribution in [2.45, 2.75) is 44.1 Å². The van der Waals surface area contributed by atoms with Crippen LogP contribution in [0.15, 0.2) is 18.2 Å². The highest BCUT2D eigenvalue weighted by molar-refractivity contribution is 5.29. The van der Waals surface area contributed by atoms with Crippen LogP contribution in [-0.2, 0) is 10.9 Å². The molecule has 2 nitrogen and oxygen atoms in total. The zero-order chi connectivity index (χ0) is 15.0. The summed E-state index contributed by atoms with van der Waals surface area (Å²) in [6, 6.07) is 2.48. The van der Waals surface area contributed by atoms with Gasteiger partial charge in [-0.2, -0.15) is 13.2 Å². The van der Waals surface area contributed by atoms with Crippen LogP contribution < -0.4 is 0 Å². The number of aliphatic hydroxyl groups is 1.